The third-order valence-electron chi connectivity index (χ3n) is 5.42. The number of nitro groups is 1. The summed E-state index contributed by atoms with van der Waals surface area (Å²) < 4.78 is 5.51. The molecule has 2 aromatic rings. The summed E-state index contributed by atoms with van der Waals surface area (Å²) in [5, 5.41) is 10.7. The van der Waals surface area contributed by atoms with Crippen molar-refractivity contribution >= 4 is 23.5 Å². The van der Waals surface area contributed by atoms with Gasteiger partial charge in [-0.15, -0.1) is 0 Å². The van der Waals surface area contributed by atoms with Gasteiger partial charge in [-0.3, -0.25) is 24.6 Å². The lowest BCUT2D eigenvalue weighted by atomic mass is 9.91. The fourth-order valence-corrected chi connectivity index (χ4v) is 3.90. The van der Waals surface area contributed by atoms with Crippen LogP contribution in [-0.4, -0.2) is 39.8 Å². The molecule has 29 heavy (non-hydrogen) atoms. The van der Waals surface area contributed by atoms with E-state index < -0.39 is 10.9 Å². The van der Waals surface area contributed by atoms with Gasteiger partial charge < -0.3 is 4.74 Å². The Morgan fingerprint density at radius 2 is 1.48 bits per heavy atom. The smallest absolute Gasteiger partial charge is 0.338 e. The molecule has 0 bridgehead atoms. The number of hydrogen-bond donors (Lipinski definition) is 0. The van der Waals surface area contributed by atoms with Crippen molar-refractivity contribution in [3.8, 4) is 0 Å². The second-order valence-electron chi connectivity index (χ2n) is 7.17. The highest BCUT2D eigenvalue weighted by molar-refractivity contribution is 6.21. The summed E-state index contributed by atoms with van der Waals surface area (Å²) in [7, 11) is 0. The van der Waals surface area contributed by atoms with Crippen LogP contribution in [0, 0.1) is 10.1 Å². The average Bonchev–Trinajstić information content (AvgIpc) is 2.99. The molecular formula is C21H18N2O6. The van der Waals surface area contributed by atoms with Crippen molar-refractivity contribution in [2.45, 2.75) is 37.8 Å². The summed E-state index contributed by atoms with van der Waals surface area (Å²) in [5.41, 5.74) is 1.02. The molecule has 0 N–H and O–H groups in total. The summed E-state index contributed by atoms with van der Waals surface area (Å²) in [6.45, 7) is 0. The first-order chi connectivity index (χ1) is 14.0. The number of rotatable bonds is 4. The van der Waals surface area contributed by atoms with Gasteiger partial charge in [-0.2, -0.15) is 0 Å². The van der Waals surface area contributed by atoms with Crippen molar-refractivity contribution in [1.29, 1.82) is 0 Å². The van der Waals surface area contributed by atoms with Crippen LogP contribution in [0.5, 0.6) is 0 Å². The van der Waals surface area contributed by atoms with Gasteiger partial charge in [0.2, 0.25) is 0 Å². The minimum absolute atomic E-state index is 0.0944. The van der Waals surface area contributed by atoms with Gasteiger partial charge in [0.15, 0.2) is 0 Å². The molecular weight excluding hydrogens is 376 g/mol. The maximum atomic E-state index is 12.6. The fourth-order valence-electron chi connectivity index (χ4n) is 3.90. The fraction of sp³-hybridized carbons (Fsp3) is 0.286. The Balaban J connectivity index is 1.35. The molecule has 0 radical (unpaired) electrons. The van der Waals surface area contributed by atoms with E-state index in [0.29, 0.717) is 36.8 Å². The minimum Gasteiger partial charge on any atom is -0.459 e. The second kappa shape index (κ2) is 7.46. The van der Waals surface area contributed by atoms with E-state index in [1.165, 1.54) is 29.2 Å². The van der Waals surface area contributed by atoms with Crippen LogP contribution in [0.2, 0.25) is 0 Å². The van der Waals surface area contributed by atoms with Crippen molar-refractivity contribution in [1.82, 2.24) is 4.90 Å². The van der Waals surface area contributed by atoms with Crippen LogP contribution < -0.4 is 0 Å². The highest BCUT2D eigenvalue weighted by Gasteiger charge is 2.41. The van der Waals surface area contributed by atoms with Crippen LogP contribution in [0.15, 0.2) is 48.5 Å². The van der Waals surface area contributed by atoms with Gasteiger partial charge in [0.25, 0.3) is 17.5 Å². The Morgan fingerprint density at radius 1 is 0.931 bits per heavy atom. The number of ether oxygens (including phenoxy) is 1. The zero-order chi connectivity index (χ0) is 20.5. The Hall–Kier alpha value is -3.55. The monoisotopic (exact) mass is 394 g/mol. The summed E-state index contributed by atoms with van der Waals surface area (Å²) in [6, 6.07) is 11.8. The van der Waals surface area contributed by atoms with Crippen molar-refractivity contribution in [3.05, 3.63) is 75.3 Å². The normalized spacial score (nSPS) is 21.0. The summed E-state index contributed by atoms with van der Waals surface area (Å²) in [5.74, 6) is -1.07. The molecule has 2 aromatic carbocycles. The molecule has 1 heterocycles. The van der Waals surface area contributed by atoms with Gasteiger partial charge in [-0.05, 0) is 49.9 Å². The lowest BCUT2D eigenvalue weighted by Gasteiger charge is -2.33. The van der Waals surface area contributed by atoms with E-state index >= 15 is 0 Å². The summed E-state index contributed by atoms with van der Waals surface area (Å²) >= 11 is 0. The van der Waals surface area contributed by atoms with Crippen molar-refractivity contribution < 1.29 is 24.0 Å². The Bertz CT molecular complexity index is 957. The maximum Gasteiger partial charge on any atom is 0.338 e. The van der Waals surface area contributed by atoms with Gasteiger partial charge >= 0.3 is 5.97 Å². The first kappa shape index (κ1) is 18.8. The number of carbonyl (C=O) groups excluding carboxylic acids is 3. The number of non-ortho nitro benzene ring substituents is 1. The highest BCUT2D eigenvalue weighted by atomic mass is 16.6. The number of amides is 2. The summed E-state index contributed by atoms with van der Waals surface area (Å²) in [6.07, 6.45) is 1.88. The maximum absolute atomic E-state index is 12.6. The molecule has 8 nitrogen and oxygen atoms in total. The summed E-state index contributed by atoms with van der Waals surface area (Å²) in [4.78, 5) is 49.0. The zero-order valence-electron chi connectivity index (χ0n) is 15.4. The third-order valence-corrected chi connectivity index (χ3v) is 5.42. The molecule has 2 amide bonds. The SMILES string of the molecule is O=C(O[C@H]1CC[C@H](N2C(=O)c3ccccc3C2=O)CC1)c1ccc([N+](=O)[O-])cc1. The quantitative estimate of drug-likeness (QED) is 0.341. The average molecular weight is 394 g/mol. The van der Waals surface area contributed by atoms with Crippen molar-refractivity contribution in [3.63, 3.8) is 0 Å². The van der Waals surface area contributed by atoms with Gasteiger partial charge in [0, 0.05) is 18.2 Å². The highest BCUT2D eigenvalue weighted by Crippen LogP contribution is 2.32. The molecule has 0 saturated heterocycles. The largest absolute Gasteiger partial charge is 0.459 e. The van der Waals surface area contributed by atoms with E-state index in [-0.39, 0.29) is 35.2 Å². The lowest BCUT2D eigenvalue weighted by molar-refractivity contribution is -0.384. The molecule has 0 atom stereocenters. The van der Waals surface area contributed by atoms with Gasteiger partial charge in [0.1, 0.15) is 6.10 Å². The number of hydrogen-bond acceptors (Lipinski definition) is 6. The topological polar surface area (TPSA) is 107 Å². The first-order valence-electron chi connectivity index (χ1n) is 9.38. The van der Waals surface area contributed by atoms with Crippen molar-refractivity contribution in [2.75, 3.05) is 0 Å². The van der Waals surface area contributed by atoms with Crippen LogP contribution >= 0.6 is 0 Å². The molecule has 1 saturated carbocycles. The van der Waals surface area contributed by atoms with E-state index in [1.807, 2.05) is 0 Å². The zero-order valence-corrected chi connectivity index (χ0v) is 15.4. The van der Waals surface area contributed by atoms with Crippen LogP contribution in [-0.2, 0) is 4.74 Å². The van der Waals surface area contributed by atoms with E-state index in [1.54, 1.807) is 24.3 Å². The van der Waals surface area contributed by atoms with Crippen molar-refractivity contribution in [2.24, 2.45) is 0 Å². The van der Waals surface area contributed by atoms with Gasteiger partial charge in [-0.1, -0.05) is 12.1 Å². The molecule has 1 fully saturated rings. The molecule has 148 valence electrons. The van der Waals surface area contributed by atoms with Gasteiger partial charge in [-0.25, -0.2) is 4.79 Å². The van der Waals surface area contributed by atoms with Crippen LogP contribution in [0.1, 0.15) is 56.8 Å². The first-order valence-corrected chi connectivity index (χ1v) is 9.38. The number of nitrogens with zero attached hydrogens (tertiary/aromatic N) is 2. The molecule has 0 spiro atoms. The number of benzene rings is 2. The van der Waals surface area contributed by atoms with Crippen LogP contribution in [0.25, 0.3) is 0 Å². The molecule has 8 heteroatoms. The van der Waals surface area contributed by atoms with E-state index in [2.05, 4.69) is 0 Å². The second-order valence-corrected chi connectivity index (χ2v) is 7.17. The Kier molecular flexibility index (Phi) is 4.84. The molecule has 2 aliphatic rings. The molecule has 0 aromatic heterocycles. The number of esters is 1. The lowest BCUT2D eigenvalue weighted by Crippen LogP contribution is -2.43. The predicted molar refractivity (Wildman–Crippen MR) is 101 cm³/mol. The van der Waals surface area contributed by atoms with E-state index in [4.69, 9.17) is 4.74 Å². The number of carbonyl (C=O) groups is 3. The number of nitro benzene ring substituents is 1. The van der Waals surface area contributed by atoms with Gasteiger partial charge in [0.05, 0.1) is 21.6 Å². The minimum atomic E-state index is -0.538. The van der Waals surface area contributed by atoms with E-state index in [0.717, 1.165) is 0 Å². The van der Waals surface area contributed by atoms with Crippen LogP contribution in [0.3, 0.4) is 0 Å². The molecule has 0 unspecified atom stereocenters. The van der Waals surface area contributed by atoms with E-state index in [9.17, 15) is 24.5 Å². The number of imide groups is 1. The Labute approximate surface area is 166 Å². The third kappa shape index (κ3) is 3.49. The molecule has 1 aliphatic heterocycles. The predicted octanol–water partition coefficient (Wildman–Crippen LogP) is 3.36. The molecule has 4 rings (SSSR count). The molecule has 1 aliphatic carbocycles. The van der Waals surface area contributed by atoms with Crippen LogP contribution in [0.4, 0.5) is 5.69 Å². The number of fused-ring (bicyclic) bond motifs is 1. The standard InChI is InChI=1S/C21H18N2O6/c24-19-17-3-1-2-4-18(17)20(25)22(19)14-9-11-16(12-10-14)29-21(26)13-5-7-15(8-6-13)23(27)28/h1-8,14,16H,9-12H2/t14-,16-. The Morgan fingerprint density at radius 3 is 2.00 bits per heavy atom.